The Labute approximate surface area is 94.8 Å². The second kappa shape index (κ2) is 5.96. The van der Waals surface area contributed by atoms with Crippen molar-refractivity contribution >= 4 is 5.69 Å². The third-order valence-corrected chi connectivity index (χ3v) is 2.35. The van der Waals surface area contributed by atoms with Crippen LogP contribution in [0.1, 0.15) is 19.8 Å². The Balaban J connectivity index is 2.77. The molecular formula is C12H15FN2O. The molecule has 0 spiro atoms. The van der Waals surface area contributed by atoms with Crippen LogP contribution in [0.3, 0.4) is 0 Å². The lowest BCUT2D eigenvalue weighted by Crippen LogP contribution is -2.17. The van der Waals surface area contributed by atoms with Gasteiger partial charge in [0.25, 0.3) is 0 Å². The molecule has 1 rings (SSSR count). The minimum absolute atomic E-state index is 0.0835. The number of nitriles is 1. The van der Waals surface area contributed by atoms with E-state index >= 15 is 0 Å². The quantitative estimate of drug-likeness (QED) is 0.833. The average molecular weight is 222 g/mol. The largest absolute Gasteiger partial charge is 0.494 e. The molecule has 0 aromatic heterocycles. The van der Waals surface area contributed by atoms with Gasteiger partial charge in [-0.05, 0) is 18.6 Å². The molecule has 0 heterocycles. The molecule has 1 aromatic carbocycles. The molecule has 1 N–H and O–H groups in total. The van der Waals surface area contributed by atoms with Crippen molar-refractivity contribution in [1.29, 1.82) is 5.26 Å². The van der Waals surface area contributed by atoms with Crippen molar-refractivity contribution < 1.29 is 9.13 Å². The number of halogens is 1. The molecule has 0 saturated heterocycles. The minimum atomic E-state index is -0.388. The summed E-state index contributed by atoms with van der Waals surface area (Å²) in [7, 11) is 1.43. The maximum Gasteiger partial charge on any atom is 0.165 e. The van der Waals surface area contributed by atoms with Crippen LogP contribution in [-0.2, 0) is 0 Å². The number of hydrogen-bond acceptors (Lipinski definition) is 3. The van der Waals surface area contributed by atoms with Crippen LogP contribution in [0.15, 0.2) is 18.2 Å². The molecule has 0 aliphatic carbocycles. The minimum Gasteiger partial charge on any atom is -0.494 e. The normalized spacial score (nSPS) is 11.6. The summed E-state index contributed by atoms with van der Waals surface area (Å²) in [6.07, 6.45) is 1.27. The number of benzene rings is 1. The van der Waals surface area contributed by atoms with E-state index < -0.39 is 0 Å². The Kier molecular flexibility index (Phi) is 4.59. The van der Waals surface area contributed by atoms with E-state index in [4.69, 9.17) is 10.00 Å². The highest BCUT2D eigenvalue weighted by Crippen LogP contribution is 2.22. The highest BCUT2D eigenvalue weighted by Gasteiger charge is 2.08. The summed E-state index contributed by atoms with van der Waals surface area (Å²) in [6, 6.07) is 6.77. The smallest absolute Gasteiger partial charge is 0.165 e. The van der Waals surface area contributed by atoms with Crippen LogP contribution in [0.4, 0.5) is 10.1 Å². The van der Waals surface area contributed by atoms with E-state index in [1.54, 1.807) is 12.1 Å². The van der Waals surface area contributed by atoms with Gasteiger partial charge in [-0.15, -0.1) is 0 Å². The fourth-order valence-electron chi connectivity index (χ4n) is 1.39. The Morgan fingerprint density at radius 3 is 2.88 bits per heavy atom. The van der Waals surface area contributed by atoms with Gasteiger partial charge < -0.3 is 10.1 Å². The van der Waals surface area contributed by atoms with E-state index in [0.717, 1.165) is 12.1 Å². The van der Waals surface area contributed by atoms with Crippen molar-refractivity contribution in [3.63, 3.8) is 0 Å². The van der Waals surface area contributed by atoms with Crippen LogP contribution in [0.25, 0.3) is 0 Å². The van der Waals surface area contributed by atoms with Crippen LogP contribution >= 0.6 is 0 Å². The van der Waals surface area contributed by atoms with Crippen LogP contribution in [0.5, 0.6) is 5.75 Å². The van der Waals surface area contributed by atoms with Gasteiger partial charge in [0.05, 0.1) is 19.6 Å². The number of anilines is 1. The number of methoxy groups -OCH3 is 1. The molecule has 16 heavy (non-hydrogen) atoms. The fraction of sp³-hybridized carbons (Fsp3) is 0.417. The summed E-state index contributed by atoms with van der Waals surface area (Å²) >= 11 is 0. The predicted molar refractivity (Wildman–Crippen MR) is 60.9 cm³/mol. The van der Waals surface area contributed by atoms with Crippen LogP contribution in [0.2, 0.25) is 0 Å². The average Bonchev–Trinajstić information content (AvgIpc) is 2.30. The summed E-state index contributed by atoms with van der Waals surface area (Å²) in [5, 5.41) is 11.8. The molecule has 86 valence electrons. The van der Waals surface area contributed by atoms with Gasteiger partial charge in [0.15, 0.2) is 11.6 Å². The van der Waals surface area contributed by atoms with Crippen molar-refractivity contribution in [3.05, 3.63) is 24.0 Å². The fourth-order valence-corrected chi connectivity index (χ4v) is 1.39. The van der Waals surface area contributed by atoms with Crippen molar-refractivity contribution in [3.8, 4) is 11.8 Å². The maximum atomic E-state index is 13.1. The number of ether oxygens (including phenoxy) is 1. The molecule has 0 amide bonds. The third kappa shape index (κ3) is 3.13. The van der Waals surface area contributed by atoms with Crippen molar-refractivity contribution in [1.82, 2.24) is 0 Å². The van der Waals surface area contributed by atoms with Crippen molar-refractivity contribution in [2.75, 3.05) is 12.4 Å². The van der Waals surface area contributed by atoms with Crippen molar-refractivity contribution in [2.45, 2.75) is 25.8 Å². The number of nitrogens with one attached hydrogen (secondary N) is 1. The zero-order valence-electron chi connectivity index (χ0n) is 9.46. The van der Waals surface area contributed by atoms with E-state index in [1.807, 2.05) is 6.92 Å². The molecule has 3 nitrogen and oxygen atoms in total. The van der Waals surface area contributed by atoms with Gasteiger partial charge in [-0.1, -0.05) is 6.92 Å². The van der Waals surface area contributed by atoms with Gasteiger partial charge in [-0.3, -0.25) is 0 Å². The number of rotatable bonds is 5. The Morgan fingerprint density at radius 2 is 2.31 bits per heavy atom. The highest BCUT2D eigenvalue weighted by atomic mass is 19.1. The molecule has 4 heteroatoms. The Bertz CT molecular complexity index is 387. The van der Waals surface area contributed by atoms with E-state index in [9.17, 15) is 4.39 Å². The number of nitrogens with zero attached hydrogens (tertiary/aromatic N) is 1. The van der Waals surface area contributed by atoms with Crippen LogP contribution < -0.4 is 10.1 Å². The molecule has 0 aliphatic heterocycles. The molecule has 0 aliphatic rings. The number of hydrogen-bond donors (Lipinski definition) is 1. The van der Waals surface area contributed by atoms with Gasteiger partial charge in [0.2, 0.25) is 0 Å². The second-order valence-electron chi connectivity index (χ2n) is 3.46. The summed E-state index contributed by atoms with van der Waals surface area (Å²) < 4.78 is 18.0. The zero-order valence-corrected chi connectivity index (χ0v) is 9.46. The molecular weight excluding hydrogens is 207 g/mol. The van der Waals surface area contributed by atoms with Gasteiger partial charge >= 0.3 is 0 Å². The Hall–Kier alpha value is -1.76. The molecule has 1 atom stereocenters. The standard InChI is InChI=1S/C12H15FN2O/c1-3-9(6-7-14)15-10-4-5-11(13)12(8-10)16-2/h4-5,8-9,15H,3,6H2,1-2H3. The molecule has 0 fully saturated rings. The summed E-state index contributed by atoms with van der Waals surface area (Å²) in [5.41, 5.74) is 0.764. The zero-order chi connectivity index (χ0) is 12.0. The van der Waals surface area contributed by atoms with E-state index in [2.05, 4.69) is 11.4 Å². The van der Waals surface area contributed by atoms with Gasteiger partial charge in [-0.2, -0.15) is 5.26 Å². The summed E-state index contributed by atoms with van der Waals surface area (Å²) in [5.74, 6) is -0.182. The maximum absolute atomic E-state index is 13.1. The lowest BCUT2D eigenvalue weighted by molar-refractivity contribution is 0.386. The topological polar surface area (TPSA) is 45.0 Å². The molecule has 1 aromatic rings. The van der Waals surface area contributed by atoms with E-state index in [1.165, 1.54) is 13.2 Å². The van der Waals surface area contributed by atoms with Crippen LogP contribution in [0, 0.1) is 17.1 Å². The van der Waals surface area contributed by atoms with Gasteiger partial charge in [0, 0.05) is 17.8 Å². The lowest BCUT2D eigenvalue weighted by atomic mass is 10.1. The summed E-state index contributed by atoms with van der Waals surface area (Å²) in [6.45, 7) is 2.00. The van der Waals surface area contributed by atoms with Crippen LogP contribution in [-0.4, -0.2) is 13.2 Å². The summed E-state index contributed by atoms with van der Waals surface area (Å²) in [4.78, 5) is 0. The molecule has 1 unspecified atom stereocenters. The molecule has 0 bridgehead atoms. The SMILES string of the molecule is CCC(CC#N)Nc1ccc(F)c(OC)c1. The molecule has 0 radical (unpaired) electrons. The van der Waals surface area contributed by atoms with Crippen molar-refractivity contribution in [2.24, 2.45) is 0 Å². The first-order valence-electron chi connectivity index (χ1n) is 5.18. The Morgan fingerprint density at radius 1 is 1.56 bits per heavy atom. The van der Waals surface area contributed by atoms with E-state index in [0.29, 0.717) is 6.42 Å². The van der Waals surface area contributed by atoms with Gasteiger partial charge in [0.1, 0.15) is 0 Å². The van der Waals surface area contributed by atoms with E-state index in [-0.39, 0.29) is 17.6 Å². The third-order valence-electron chi connectivity index (χ3n) is 2.35. The first-order chi connectivity index (χ1) is 7.71. The first kappa shape index (κ1) is 12.3. The first-order valence-corrected chi connectivity index (χ1v) is 5.18. The van der Waals surface area contributed by atoms with Gasteiger partial charge in [-0.25, -0.2) is 4.39 Å². The highest BCUT2D eigenvalue weighted by molar-refractivity contribution is 5.49. The lowest BCUT2D eigenvalue weighted by Gasteiger charge is -2.15. The monoisotopic (exact) mass is 222 g/mol. The second-order valence-corrected chi connectivity index (χ2v) is 3.46. The predicted octanol–water partition coefficient (Wildman–Crippen LogP) is 2.94. The molecule has 0 saturated carbocycles.